The Hall–Kier alpha value is -1.47. The van der Waals surface area contributed by atoms with E-state index in [1.807, 2.05) is 0 Å². The average Bonchev–Trinajstić information content (AvgIpc) is 2.93. The number of rotatable bonds is 2. The van der Waals surface area contributed by atoms with Crippen molar-refractivity contribution in [3.8, 4) is 0 Å². The lowest BCUT2D eigenvalue weighted by Gasteiger charge is -2.18. The second kappa shape index (κ2) is 4.03. The molecule has 1 aromatic heterocycles. The summed E-state index contributed by atoms with van der Waals surface area (Å²) in [6, 6.07) is 3.09. The zero-order valence-corrected chi connectivity index (χ0v) is 10.5. The molecule has 1 fully saturated rings. The van der Waals surface area contributed by atoms with Crippen molar-refractivity contribution >= 4 is 15.9 Å². The van der Waals surface area contributed by atoms with Gasteiger partial charge in [0.1, 0.15) is 0 Å². The van der Waals surface area contributed by atoms with Crippen LogP contribution < -0.4 is 5.32 Å². The molecule has 0 radical (unpaired) electrons. The van der Waals surface area contributed by atoms with E-state index in [1.165, 1.54) is 12.3 Å². The summed E-state index contributed by atoms with van der Waals surface area (Å²) in [5.74, 6) is -0.261. The zero-order valence-electron chi connectivity index (χ0n) is 9.67. The average molecular weight is 267 g/mol. The van der Waals surface area contributed by atoms with Gasteiger partial charge in [-0.25, -0.2) is 9.29 Å². The Balaban J connectivity index is 1.96. The molecule has 0 aliphatic carbocycles. The molecule has 0 saturated carbocycles. The fourth-order valence-electron chi connectivity index (χ4n) is 2.39. The predicted molar refractivity (Wildman–Crippen MR) is 63.4 cm³/mol. The molecule has 1 amide bonds. The monoisotopic (exact) mass is 267 g/mol. The van der Waals surface area contributed by atoms with E-state index in [4.69, 9.17) is 0 Å². The van der Waals surface area contributed by atoms with Crippen molar-refractivity contribution in [2.75, 3.05) is 19.6 Å². The van der Waals surface area contributed by atoms with Gasteiger partial charge in [-0.1, -0.05) is 0 Å². The minimum atomic E-state index is -3.74. The minimum Gasteiger partial charge on any atom is -0.316 e. The molecule has 1 unspecified atom stereocenters. The minimum absolute atomic E-state index is 0.110. The molecule has 3 heterocycles. The lowest BCUT2D eigenvalue weighted by atomic mass is 10.1. The van der Waals surface area contributed by atoms with E-state index in [-0.39, 0.29) is 23.1 Å². The summed E-state index contributed by atoms with van der Waals surface area (Å²) in [4.78, 5) is 15.9. The fourth-order valence-corrected chi connectivity index (χ4v) is 3.95. The molecule has 3 rings (SSSR count). The number of amides is 1. The second-order valence-electron chi connectivity index (χ2n) is 4.56. The predicted octanol–water partition coefficient (Wildman–Crippen LogP) is -0.164. The third kappa shape index (κ3) is 1.62. The molecular weight excluding hydrogens is 254 g/mol. The first-order chi connectivity index (χ1) is 8.60. The molecule has 18 heavy (non-hydrogen) atoms. The summed E-state index contributed by atoms with van der Waals surface area (Å²) in [5.41, 5.74) is 0.184. The summed E-state index contributed by atoms with van der Waals surface area (Å²) in [5, 5.41) is 3.05. The van der Waals surface area contributed by atoms with Gasteiger partial charge < -0.3 is 5.32 Å². The summed E-state index contributed by atoms with van der Waals surface area (Å²) in [7, 11) is -3.74. The third-order valence-corrected chi connectivity index (χ3v) is 5.06. The molecule has 2 aliphatic rings. The van der Waals surface area contributed by atoms with Gasteiger partial charge >= 0.3 is 0 Å². The maximum atomic E-state index is 12.2. The van der Waals surface area contributed by atoms with Crippen molar-refractivity contribution in [3.05, 3.63) is 23.9 Å². The second-order valence-corrected chi connectivity index (χ2v) is 6.33. The number of hydrogen-bond donors (Lipinski definition) is 1. The van der Waals surface area contributed by atoms with Crippen molar-refractivity contribution in [2.24, 2.45) is 5.92 Å². The molecule has 7 heteroatoms. The van der Waals surface area contributed by atoms with E-state index >= 15 is 0 Å². The van der Waals surface area contributed by atoms with Gasteiger partial charge in [-0.15, -0.1) is 0 Å². The highest BCUT2D eigenvalue weighted by atomic mass is 32.2. The normalized spacial score (nSPS) is 25.4. The van der Waals surface area contributed by atoms with Crippen LogP contribution in [0.2, 0.25) is 0 Å². The number of carbonyl (C=O) groups is 1. The highest BCUT2D eigenvalue weighted by Crippen LogP contribution is 2.29. The topological polar surface area (TPSA) is 79.4 Å². The van der Waals surface area contributed by atoms with E-state index in [0.29, 0.717) is 0 Å². The van der Waals surface area contributed by atoms with Crippen molar-refractivity contribution < 1.29 is 13.2 Å². The Morgan fingerprint density at radius 2 is 2.33 bits per heavy atom. The van der Waals surface area contributed by atoms with Crippen molar-refractivity contribution in [3.63, 3.8) is 0 Å². The van der Waals surface area contributed by atoms with Gasteiger partial charge in [0.2, 0.25) is 0 Å². The Morgan fingerprint density at radius 3 is 3.00 bits per heavy atom. The lowest BCUT2D eigenvalue weighted by molar-refractivity contribution is 0.0859. The van der Waals surface area contributed by atoms with Gasteiger partial charge in [0, 0.05) is 12.7 Å². The highest BCUT2D eigenvalue weighted by molar-refractivity contribution is 7.90. The maximum absolute atomic E-state index is 12.2. The van der Waals surface area contributed by atoms with Gasteiger partial charge in [-0.3, -0.25) is 4.79 Å². The molecule has 0 spiro atoms. The van der Waals surface area contributed by atoms with Crippen molar-refractivity contribution in [1.29, 1.82) is 0 Å². The number of pyridine rings is 1. The molecular formula is C11H13N3O3S. The van der Waals surface area contributed by atoms with Crippen LogP contribution in [0, 0.1) is 5.92 Å². The van der Waals surface area contributed by atoms with E-state index in [0.717, 1.165) is 23.8 Å². The Labute approximate surface area is 105 Å². The standard InChI is InChI=1S/C11H13N3O3S/c15-11-9-2-1-4-13-10(9)18(16,17)14(11)7-8-3-5-12-6-8/h1-2,4,8,12H,3,5-7H2. The van der Waals surface area contributed by atoms with Crippen LogP contribution in [0.5, 0.6) is 0 Å². The van der Waals surface area contributed by atoms with Crippen LogP contribution in [0.1, 0.15) is 16.8 Å². The first kappa shape index (κ1) is 11.6. The zero-order chi connectivity index (χ0) is 12.8. The molecule has 6 nitrogen and oxygen atoms in total. The number of sulfonamides is 1. The Bertz CT molecular complexity index is 593. The fraction of sp³-hybridized carbons (Fsp3) is 0.455. The molecule has 1 saturated heterocycles. The van der Waals surface area contributed by atoms with Crippen LogP contribution in [0.3, 0.4) is 0 Å². The third-order valence-electron chi connectivity index (χ3n) is 3.35. The molecule has 96 valence electrons. The highest BCUT2D eigenvalue weighted by Gasteiger charge is 2.43. The molecule has 0 bridgehead atoms. The number of carbonyl (C=O) groups excluding carboxylic acids is 1. The van der Waals surface area contributed by atoms with Crippen molar-refractivity contribution in [1.82, 2.24) is 14.6 Å². The number of aromatic nitrogens is 1. The van der Waals surface area contributed by atoms with Crippen LogP contribution >= 0.6 is 0 Å². The lowest BCUT2D eigenvalue weighted by Crippen LogP contribution is -2.35. The van der Waals surface area contributed by atoms with Crippen LogP contribution in [0.4, 0.5) is 0 Å². The Kier molecular flexibility index (Phi) is 2.60. The first-order valence-corrected chi connectivity index (χ1v) is 7.27. The number of nitrogens with one attached hydrogen (secondary N) is 1. The van der Waals surface area contributed by atoms with Gasteiger partial charge in [0.15, 0.2) is 5.03 Å². The van der Waals surface area contributed by atoms with Crippen LogP contribution in [0.25, 0.3) is 0 Å². The molecule has 2 aliphatic heterocycles. The quantitative estimate of drug-likeness (QED) is 0.805. The number of hydrogen-bond acceptors (Lipinski definition) is 5. The first-order valence-electron chi connectivity index (χ1n) is 5.83. The van der Waals surface area contributed by atoms with Crippen LogP contribution in [-0.4, -0.2) is 43.2 Å². The molecule has 1 N–H and O–H groups in total. The van der Waals surface area contributed by atoms with E-state index in [1.54, 1.807) is 6.07 Å². The molecule has 1 aromatic rings. The summed E-state index contributed by atoms with van der Waals surface area (Å²) >= 11 is 0. The van der Waals surface area contributed by atoms with Gasteiger partial charge in [-0.2, -0.15) is 8.42 Å². The largest absolute Gasteiger partial charge is 0.316 e. The smallest absolute Gasteiger partial charge is 0.285 e. The van der Waals surface area contributed by atoms with E-state index in [9.17, 15) is 13.2 Å². The van der Waals surface area contributed by atoms with Crippen molar-refractivity contribution in [2.45, 2.75) is 11.4 Å². The van der Waals surface area contributed by atoms with E-state index in [2.05, 4.69) is 10.3 Å². The van der Waals surface area contributed by atoms with Gasteiger partial charge in [0.05, 0.1) is 5.56 Å². The molecule has 0 aromatic carbocycles. The van der Waals surface area contributed by atoms with E-state index < -0.39 is 15.9 Å². The van der Waals surface area contributed by atoms with Gasteiger partial charge in [0.25, 0.3) is 15.9 Å². The van der Waals surface area contributed by atoms with Crippen LogP contribution in [-0.2, 0) is 10.0 Å². The summed E-state index contributed by atoms with van der Waals surface area (Å²) in [6.45, 7) is 1.87. The molecule has 1 atom stereocenters. The Morgan fingerprint density at radius 1 is 1.50 bits per heavy atom. The van der Waals surface area contributed by atoms with Crippen LogP contribution in [0.15, 0.2) is 23.4 Å². The summed E-state index contributed by atoms with van der Waals surface area (Å²) < 4.78 is 25.4. The maximum Gasteiger partial charge on any atom is 0.285 e. The van der Waals surface area contributed by atoms with Gasteiger partial charge in [-0.05, 0) is 37.6 Å². The number of nitrogens with zero attached hydrogens (tertiary/aromatic N) is 2. The summed E-state index contributed by atoms with van der Waals surface area (Å²) in [6.07, 6.45) is 2.29. The SMILES string of the molecule is O=C1c2cccnc2S(=O)(=O)N1CC1CCNC1. The number of fused-ring (bicyclic) bond motifs is 1.